The summed E-state index contributed by atoms with van der Waals surface area (Å²) < 4.78 is 19.0. The molecule has 5 N–H and O–H groups in total. The topological polar surface area (TPSA) is 249 Å². The van der Waals surface area contributed by atoms with E-state index in [0.29, 0.717) is 63.7 Å². The molecule has 6 fully saturated rings. The fraction of sp³-hybridized carbons (Fsp3) is 0.516. The molecule has 0 spiro atoms. The summed E-state index contributed by atoms with van der Waals surface area (Å²) in [6.45, 7) is 14.1. The van der Waals surface area contributed by atoms with Gasteiger partial charge in [-0.3, -0.25) is 9.59 Å². The number of nitrogens with one attached hydrogen (secondary N) is 1. The first-order valence-electron chi connectivity index (χ1n) is 29.6. The van der Waals surface area contributed by atoms with Crippen LogP contribution in [0, 0.1) is 30.1 Å². The van der Waals surface area contributed by atoms with Crippen molar-refractivity contribution in [2.45, 2.75) is 140 Å². The lowest BCUT2D eigenvalue weighted by Gasteiger charge is -2.43. The predicted molar refractivity (Wildman–Crippen MR) is 316 cm³/mol. The number of carbonyl (C=O) groups is 2. The molecule has 12 rings (SSSR count). The first kappa shape index (κ1) is 56.1. The van der Waals surface area contributed by atoms with E-state index in [9.17, 15) is 25.1 Å². The number of nitrogens with two attached hydrogens (primary N) is 1. The zero-order valence-electron chi connectivity index (χ0n) is 47.7. The van der Waals surface area contributed by atoms with Crippen molar-refractivity contribution in [2.24, 2.45) is 11.8 Å². The lowest BCUT2D eigenvalue weighted by Crippen LogP contribution is -2.54. The maximum atomic E-state index is 14.5. The van der Waals surface area contributed by atoms with Crippen LogP contribution in [0.1, 0.15) is 113 Å². The normalized spacial score (nSPS) is 24.0. The third-order valence-corrected chi connectivity index (χ3v) is 19.1. The summed E-state index contributed by atoms with van der Waals surface area (Å²) in [7, 11) is 0. The number of aromatic hydroxyl groups is 1. The van der Waals surface area contributed by atoms with Crippen molar-refractivity contribution in [3.63, 3.8) is 0 Å². The molecule has 4 aromatic heterocycles. The molecule has 2 bridgehead atoms. The third-order valence-electron chi connectivity index (χ3n) is 18.2. The van der Waals surface area contributed by atoms with E-state index >= 15 is 0 Å². The summed E-state index contributed by atoms with van der Waals surface area (Å²) in [6, 6.07) is 22.2. The van der Waals surface area contributed by atoms with Crippen molar-refractivity contribution in [1.82, 2.24) is 40.4 Å². The summed E-state index contributed by atoms with van der Waals surface area (Å²) in [5.41, 5.74) is 14.3. The second-order valence-corrected chi connectivity index (χ2v) is 24.9. The van der Waals surface area contributed by atoms with Crippen LogP contribution in [0.4, 0.5) is 23.0 Å². The molecule has 2 aromatic carbocycles. The van der Waals surface area contributed by atoms with Crippen molar-refractivity contribution in [3.8, 4) is 39.4 Å². The summed E-state index contributed by atoms with van der Waals surface area (Å²) in [6.07, 6.45) is 9.60. The van der Waals surface area contributed by atoms with Gasteiger partial charge >= 0.3 is 0 Å². The van der Waals surface area contributed by atoms with Gasteiger partial charge in [0.15, 0.2) is 17.4 Å². The van der Waals surface area contributed by atoms with E-state index in [1.165, 1.54) is 16.2 Å². The molecule has 436 valence electrons. The molecule has 6 atom stereocenters. The zero-order valence-corrected chi connectivity index (χ0v) is 48.5. The minimum atomic E-state index is -0.888. The summed E-state index contributed by atoms with van der Waals surface area (Å²) >= 11 is 1.51. The molecule has 21 heteroatoms. The van der Waals surface area contributed by atoms with E-state index in [1.54, 1.807) is 17.6 Å². The Balaban J connectivity index is 0.569. The monoisotopic (exact) mass is 1150 g/mol. The van der Waals surface area contributed by atoms with Gasteiger partial charge in [0.2, 0.25) is 17.7 Å². The largest absolute Gasteiger partial charge is 0.507 e. The van der Waals surface area contributed by atoms with Crippen molar-refractivity contribution < 1.29 is 33.8 Å². The lowest BCUT2D eigenvalue weighted by molar-refractivity contribution is -0.141. The fourth-order valence-corrected chi connectivity index (χ4v) is 14.5. The molecule has 6 aliphatic rings. The molecule has 1 aliphatic carbocycles. The minimum absolute atomic E-state index is 0.0323. The Morgan fingerprint density at radius 1 is 0.880 bits per heavy atom. The Hall–Kier alpha value is -7.38. The standard InChI is InChI=1S/C62H75N13O7S/c1-36(2)58(62(79)74-34-45(76)25-53(74)61(78)67-37(3)49-12-9-40(23-41(49)30-63)59-38(4)66-35-83-59)55-29-56(70-82-55)72-21-14-39(15-22-72)31-71-19-16-46(17-20-71)80-47-26-48(27-47)81-57-24-42(13-18-65-57)75-43-10-11-44(75)33-73(32-43)52-28-51(68-69-60(52)64)50-7-5-6-8-54(50)77/h5-9,12-13,18,23-24,28-29,35-37,39,43-48,53,58,76-77H,10-11,14-17,19-22,25-27,31-34H2,1-4H3,(H2,64,69)(H,67,78)/t37-,43?,44?,45+,47-,48-,53-,58+/m0/s1. The number of aromatic nitrogens is 5. The highest BCUT2D eigenvalue weighted by Crippen LogP contribution is 2.41. The van der Waals surface area contributed by atoms with Gasteiger partial charge in [-0.1, -0.05) is 43.3 Å². The number of rotatable bonds is 17. The number of amides is 2. The van der Waals surface area contributed by atoms with Gasteiger partial charge in [-0.05, 0) is 106 Å². The first-order chi connectivity index (χ1) is 40.2. The number of ether oxygens (including phenoxy) is 2. The number of carbonyl (C=O) groups excluding carboxylic acids is 2. The molecule has 20 nitrogen and oxygen atoms in total. The number of fused-ring (bicyclic) bond motifs is 2. The van der Waals surface area contributed by atoms with Crippen LogP contribution in [0.5, 0.6) is 11.6 Å². The van der Waals surface area contributed by atoms with Crippen LogP contribution < -0.4 is 30.5 Å². The number of piperidine rings is 2. The van der Waals surface area contributed by atoms with Gasteiger partial charge in [0.25, 0.3) is 0 Å². The molecule has 2 amide bonds. The number of thiazole rings is 1. The van der Waals surface area contributed by atoms with Gasteiger partial charge in [-0.2, -0.15) is 5.26 Å². The average Bonchev–Trinajstić information content (AvgIpc) is 4.51. The Bertz CT molecular complexity index is 3310. The number of nitrogen functional groups attached to an aromatic ring is 1. The molecule has 5 saturated heterocycles. The highest BCUT2D eigenvalue weighted by Gasteiger charge is 2.45. The Morgan fingerprint density at radius 2 is 1.65 bits per heavy atom. The molecule has 9 heterocycles. The molecule has 83 heavy (non-hydrogen) atoms. The van der Waals surface area contributed by atoms with E-state index in [-0.39, 0.29) is 54.8 Å². The number of β-amino-alcohol motifs (C(OH)–C–C–N with tert-alkyl or cyclic N) is 1. The van der Waals surface area contributed by atoms with E-state index in [0.717, 1.165) is 125 Å². The van der Waals surface area contributed by atoms with Gasteiger partial charge in [-0.15, -0.1) is 21.5 Å². The van der Waals surface area contributed by atoms with E-state index in [2.05, 4.69) is 68.4 Å². The number of nitriles is 1. The predicted octanol–water partition coefficient (Wildman–Crippen LogP) is 7.86. The van der Waals surface area contributed by atoms with E-state index in [1.807, 2.05) is 76.4 Å². The van der Waals surface area contributed by atoms with E-state index < -0.39 is 24.1 Å². The van der Waals surface area contributed by atoms with Gasteiger partial charge in [-0.25, -0.2) is 9.97 Å². The highest BCUT2D eigenvalue weighted by atomic mass is 32.1. The number of likely N-dealkylation sites (tertiary alicyclic amines) is 2. The van der Waals surface area contributed by atoms with Gasteiger partial charge in [0.05, 0.1) is 63.4 Å². The van der Waals surface area contributed by atoms with E-state index in [4.69, 9.17) is 19.7 Å². The van der Waals surface area contributed by atoms with Crippen LogP contribution in [0.15, 0.2) is 83.0 Å². The summed E-state index contributed by atoms with van der Waals surface area (Å²) in [4.78, 5) is 49.5. The number of para-hydroxylation sites is 1. The fourth-order valence-electron chi connectivity index (χ4n) is 13.7. The Kier molecular flexibility index (Phi) is 16.3. The van der Waals surface area contributed by atoms with Crippen LogP contribution >= 0.6 is 11.3 Å². The second-order valence-electron chi connectivity index (χ2n) is 24.1. The minimum Gasteiger partial charge on any atom is -0.507 e. The third kappa shape index (κ3) is 11.9. The number of phenols is 1. The smallest absolute Gasteiger partial charge is 0.243 e. The van der Waals surface area contributed by atoms with Crippen LogP contribution in [0.2, 0.25) is 0 Å². The van der Waals surface area contributed by atoms with Crippen LogP contribution in [0.3, 0.4) is 0 Å². The van der Waals surface area contributed by atoms with Crippen molar-refractivity contribution >= 4 is 46.2 Å². The number of hydrogen-bond acceptors (Lipinski definition) is 19. The number of nitrogens with zero attached hydrogens (tertiary/aromatic N) is 11. The highest BCUT2D eigenvalue weighted by molar-refractivity contribution is 7.13. The average molecular weight is 1150 g/mol. The number of piperazine rings is 1. The molecule has 5 aliphatic heterocycles. The van der Waals surface area contributed by atoms with Crippen LogP contribution in [0.25, 0.3) is 21.7 Å². The Labute approximate surface area is 488 Å². The quantitative estimate of drug-likeness (QED) is 0.0678. The van der Waals surface area contributed by atoms with Crippen molar-refractivity contribution in [3.05, 3.63) is 101 Å². The summed E-state index contributed by atoms with van der Waals surface area (Å²) in [5, 5.41) is 47.5. The van der Waals surface area contributed by atoms with Crippen molar-refractivity contribution in [1.29, 1.82) is 5.26 Å². The van der Waals surface area contributed by atoms with Gasteiger partial charge in [0.1, 0.15) is 23.8 Å². The number of aryl methyl sites for hydroxylation is 1. The molecular formula is C62H75N13O7S. The van der Waals surface area contributed by atoms with Crippen molar-refractivity contribution in [2.75, 3.05) is 72.8 Å². The van der Waals surface area contributed by atoms with Crippen LogP contribution in [-0.2, 0) is 14.3 Å². The number of anilines is 4. The van der Waals surface area contributed by atoms with Gasteiger partial charge in [0, 0.05) is 113 Å². The zero-order chi connectivity index (χ0) is 57.5. The number of hydrogen-bond donors (Lipinski definition) is 4. The number of pyridine rings is 1. The molecule has 6 aromatic rings. The molecule has 0 radical (unpaired) electrons. The first-order valence-corrected chi connectivity index (χ1v) is 30.5. The molecular weight excluding hydrogens is 1070 g/mol. The molecule has 1 saturated carbocycles. The Morgan fingerprint density at radius 3 is 2.37 bits per heavy atom. The molecule has 2 unspecified atom stereocenters. The SMILES string of the molecule is Cc1ncsc1-c1ccc([C@H](C)NC(=O)[C@@H]2C[C@@H](O)CN2C(=O)[C@@H](c2cc(N3CCC(CN4CCC(O[C@H]5C[C@H](Oc6cc(N7C8CCC7CN(c7cc(-c9ccccc9O)nnc7N)C8)ccn6)C5)CC4)CC3)no2)C(C)C)c(C#N)c1. The lowest BCUT2D eigenvalue weighted by atomic mass is 9.91. The maximum Gasteiger partial charge on any atom is 0.243 e. The number of aliphatic hydroxyl groups excluding tert-OH is 1. The number of benzene rings is 2. The van der Waals surface area contributed by atoms with Crippen LogP contribution in [-0.4, -0.2) is 152 Å². The summed E-state index contributed by atoms with van der Waals surface area (Å²) in [5.74, 6) is 1.40. The number of phenolic OH excluding ortho intramolecular Hbond substituents is 1. The van der Waals surface area contributed by atoms with Gasteiger partial charge < -0.3 is 59.8 Å². The number of aliphatic hydroxyl groups is 1. The second kappa shape index (κ2) is 24.1. The maximum absolute atomic E-state index is 14.5.